The summed E-state index contributed by atoms with van der Waals surface area (Å²) in [5, 5.41) is 4.03. The Morgan fingerprint density at radius 3 is 3.04 bits per heavy atom. The van der Waals surface area contributed by atoms with Crippen molar-refractivity contribution in [2.45, 2.75) is 19.4 Å². The third-order valence-corrected chi connectivity index (χ3v) is 4.74. The molecule has 7 nitrogen and oxygen atoms in total. The third kappa shape index (κ3) is 3.39. The lowest BCUT2D eigenvalue weighted by Gasteiger charge is -2.32. The number of aryl methyl sites for hydroxylation is 1. The Morgan fingerprint density at radius 2 is 2.29 bits per heavy atom. The SMILES string of the molecule is CCc1nnsc1C(=O)N1CCO[C@@H](c2cccc(N(C)C)n2)C1. The van der Waals surface area contributed by atoms with Crippen LogP contribution in [0.15, 0.2) is 18.2 Å². The zero-order chi connectivity index (χ0) is 17.1. The summed E-state index contributed by atoms with van der Waals surface area (Å²) in [5.74, 6) is 0.860. The monoisotopic (exact) mass is 347 g/mol. The molecular weight excluding hydrogens is 326 g/mol. The van der Waals surface area contributed by atoms with Gasteiger partial charge in [-0.2, -0.15) is 0 Å². The molecule has 3 rings (SSSR count). The molecule has 0 unspecified atom stereocenters. The molecular formula is C16H21N5O2S. The van der Waals surface area contributed by atoms with Crippen LogP contribution in [0.25, 0.3) is 0 Å². The van der Waals surface area contributed by atoms with Gasteiger partial charge in [0.1, 0.15) is 16.8 Å². The molecule has 0 bridgehead atoms. The first-order valence-electron chi connectivity index (χ1n) is 7.96. The van der Waals surface area contributed by atoms with Crippen molar-refractivity contribution in [3.63, 3.8) is 0 Å². The minimum absolute atomic E-state index is 0.0149. The molecule has 0 spiro atoms. The maximum atomic E-state index is 12.8. The Morgan fingerprint density at radius 1 is 1.46 bits per heavy atom. The second-order valence-electron chi connectivity index (χ2n) is 5.83. The van der Waals surface area contributed by atoms with Crippen molar-refractivity contribution in [2.24, 2.45) is 0 Å². The van der Waals surface area contributed by atoms with Gasteiger partial charge in [0, 0.05) is 20.6 Å². The minimum Gasteiger partial charge on any atom is -0.368 e. The number of hydrogen-bond donors (Lipinski definition) is 0. The first-order chi connectivity index (χ1) is 11.6. The topological polar surface area (TPSA) is 71.5 Å². The second kappa shape index (κ2) is 7.23. The fourth-order valence-electron chi connectivity index (χ4n) is 2.63. The molecule has 0 saturated carbocycles. The van der Waals surface area contributed by atoms with E-state index < -0.39 is 0 Å². The lowest BCUT2D eigenvalue weighted by atomic mass is 10.1. The number of carbonyl (C=O) groups is 1. The van der Waals surface area contributed by atoms with E-state index in [-0.39, 0.29) is 12.0 Å². The molecule has 2 aromatic heterocycles. The molecule has 128 valence electrons. The lowest BCUT2D eigenvalue weighted by Crippen LogP contribution is -2.42. The van der Waals surface area contributed by atoms with Crippen molar-refractivity contribution in [3.8, 4) is 0 Å². The van der Waals surface area contributed by atoms with E-state index in [9.17, 15) is 4.79 Å². The van der Waals surface area contributed by atoms with Crippen molar-refractivity contribution in [2.75, 3.05) is 38.7 Å². The van der Waals surface area contributed by atoms with Gasteiger partial charge in [0.25, 0.3) is 5.91 Å². The van der Waals surface area contributed by atoms with E-state index in [0.29, 0.717) is 31.0 Å². The maximum absolute atomic E-state index is 12.8. The van der Waals surface area contributed by atoms with Gasteiger partial charge in [0.2, 0.25) is 0 Å². The number of aromatic nitrogens is 3. The first-order valence-corrected chi connectivity index (χ1v) is 8.74. The molecule has 24 heavy (non-hydrogen) atoms. The zero-order valence-corrected chi connectivity index (χ0v) is 14.9. The Kier molecular flexibility index (Phi) is 5.06. The zero-order valence-electron chi connectivity index (χ0n) is 14.1. The fourth-order valence-corrected chi connectivity index (χ4v) is 3.35. The Balaban J connectivity index is 1.77. The van der Waals surface area contributed by atoms with Crippen LogP contribution < -0.4 is 4.90 Å². The van der Waals surface area contributed by atoms with Crippen LogP contribution in [0.2, 0.25) is 0 Å². The Labute approximate surface area is 145 Å². The summed E-state index contributed by atoms with van der Waals surface area (Å²) in [6, 6.07) is 5.85. The number of nitrogens with zero attached hydrogens (tertiary/aromatic N) is 5. The van der Waals surface area contributed by atoms with E-state index in [1.807, 2.05) is 49.0 Å². The largest absolute Gasteiger partial charge is 0.368 e. The number of amides is 1. The highest BCUT2D eigenvalue weighted by molar-refractivity contribution is 7.08. The molecule has 1 fully saturated rings. The number of pyridine rings is 1. The van der Waals surface area contributed by atoms with Crippen molar-refractivity contribution >= 4 is 23.3 Å². The number of rotatable bonds is 4. The smallest absolute Gasteiger partial charge is 0.267 e. The standard InChI is InChI=1S/C16H21N5O2S/c1-4-11-15(24-19-18-11)16(22)21-8-9-23-13(10-21)12-6-5-7-14(17-12)20(2)3/h5-7,13H,4,8-10H2,1-3H3/t13-/m1/s1. The number of hydrogen-bond acceptors (Lipinski definition) is 7. The summed E-state index contributed by atoms with van der Waals surface area (Å²) in [6.07, 6.45) is 0.492. The van der Waals surface area contributed by atoms with E-state index in [1.54, 1.807) is 0 Å². The predicted octanol–water partition coefficient (Wildman–Crippen LogP) is 1.78. The summed E-state index contributed by atoms with van der Waals surface area (Å²) in [6.45, 7) is 3.54. The fraction of sp³-hybridized carbons (Fsp3) is 0.500. The van der Waals surface area contributed by atoms with Crippen LogP contribution >= 0.6 is 11.5 Å². The van der Waals surface area contributed by atoms with Gasteiger partial charge >= 0.3 is 0 Å². The minimum atomic E-state index is -0.214. The quantitative estimate of drug-likeness (QED) is 0.839. The van der Waals surface area contributed by atoms with Crippen LogP contribution in [0, 0.1) is 0 Å². The molecule has 0 N–H and O–H groups in total. The molecule has 1 aliphatic heterocycles. The summed E-state index contributed by atoms with van der Waals surface area (Å²) in [4.78, 5) is 21.8. The van der Waals surface area contributed by atoms with Gasteiger partial charge < -0.3 is 14.5 Å². The molecule has 8 heteroatoms. The number of anilines is 1. The number of ether oxygens (including phenoxy) is 1. The van der Waals surface area contributed by atoms with Crippen molar-refractivity contribution < 1.29 is 9.53 Å². The first kappa shape index (κ1) is 16.8. The van der Waals surface area contributed by atoms with E-state index in [2.05, 4.69) is 14.6 Å². The molecule has 1 atom stereocenters. The van der Waals surface area contributed by atoms with Crippen LogP contribution in [0.3, 0.4) is 0 Å². The molecule has 0 aliphatic carbocycles. The molecule has 3 heterocycles. The van der Waals surface area contributed by atoms with Crippen LogP contribution in [-0.4, -0.2) is 59.2 Å². The van der Waals surface area contributed by atoms with E-state index in [4.69, 9.17) is 4.74 Å². The van der Waals surface area contributed by atoms with Crippen LogP contribution in [0.5, 0.6) is 0 Å². The van der Waals surface area contributed by atoms with E-state index >= 15 is 0 Å². The van der Waals surface area contributed by atoms with Gasteiger partial charge in [-0.1, -0.05) is 17.5 Å². The van der Waals surface area contributed by atoms with Gasteiger partial charge in [-0.3, -0.25) is 4.79 Å². The second-order valence-corrected chi connectivity index (χ2v) is 6.58. The highest BCUT2D eigenvalue weighted by atomic mass is 32.1. The highest BCUT2D eigenvalue weighted by Gasteiger charge is 2.29. The Bertz CT molecular complexity index is 718. The predicted molar refractivity (Wildman–Crippen MR) is 92.4 cm³/mol. The molecule has 1 amide bonds. The number of carbonyl (C=O) groups excluding carboxylic acids is 1. The molecule has 0 radical (unpaired) electrons. The summed E-state index contributed by atoms with van der Waals surface area (Å²) < 4.78 is 9.76. The van der Waals surface area contributed by atoms with Crippen LogP contribution in [0.4, 0.5) is 5.82 Å². The normalized spacial score (nSPS) is 17.8. The lowest BCUT2D eigenvalue weighted by molar-refractivity contribution is -0.0245. The molecule has 0 aromatic carbocycles. The highest BCUT2D eigenvalue weighted by Crippen LogP contribution is 2.24. The van der Waals surface area contributed by atoms with Gasteiger partial charge in [-0.15, -0.1) is 5.10 Å². The average Bonchev–Trinajstić information content (AvgIpc) is 3.10. The average molecular weight is 347 g/mol. The van der Waals surface area contributed by atoms with Crippen molar-refractivity contribution in [1.29, 1.82) is 0 Å². The molecule has 1 saturated heterocycles. The molecule has 1 aliphatic rings. The summed E-state index contributed by atoms with van der Waals surface area (Å²) >= 11 is 1.16. The summed E-state index contributed by atoms with van der Waals surface area (Å²) in [7, 11) is 3.90. The van der Waals surface area contributed by atoms with Crippen LogP contribution in [0.1, 0.15) is 34.1 Å². The van der Waals surface area contributed by atoms with Crippen LogP contribution in [-0.2, 0) is 11.2 Å². The van der Waals surface area contributed by atoms with Crippen molar-refractivity contribution in [1.82, 2.24) is 19.5 Å². The van der Waals surface area contributed by atoms with E-state index in [1.165, 1.54) is 0 Å². The third-order valence-electron chi connectivity index (χ3n) is 3.98. The maximum Gasteiger partial charge on any atom is 0.267 e. The van der Waals surface area contributed by atoms with E-state index in [0.717, 1.165) is 28.7 Å². The molecule has 2 aromatic rings. The summed E-state index contributed by atoms with van der Waals surface area (Å²) in [5.41, 5.74) is 1.61. The number of morpholine rings is 1. The van der Waals surface area contributed by atoms with Gasteiger partial charge in [0.15, 0.2) is 0 Å². The van der Waals surface area contributed by atoms with Gasteiger partial charge in [-0.25, -0.2) is 4.98 Å². The Hall–Kier alpha value is -2.06. The van der Waals surface area contributed by atoms with Gasteiger partial charge in [0.05, 0.1) is 24.5 Å². The van der Waals surface area contributed by atoms with Crippen molar-refractivity contribution in [3.05, 3.63) is 34.5 Å². The van der Waals surface area contributed by atoms with Gasteiger partial charge in [-0.05, 0) is 30.1 Å².